The van der Waals surface area contributed by atoms with Gasteiger partial charge in [0.05, 0.1) is 5.75 Å². The van der Waals surface area contributed by atoms with Gasteiger partial charge in [-0.3, -0.25) is 0 Å². The Balaban J connectivity index is 2.07. The van der Waals surface area contributed by atoms with Crippen LogP contribution in [0.25, 0.3) is 0 Å². The Morgan fingerprint density at radius 2 is 1.92 bits per heavy atom. The van der Waals surface area contributed by atoms with E-state index in [1.54, 1.807) is 50.8 Å². The number of amides is 1. The van der Waals surface area contributed by atoms with Gasteiger partial charge in [0.2, 0.25) is 10.0 Å². The number of carbonyl (C=O) groups excluding carboxylic acids is 1. The van der Waals surface area contributed by atoms with E-state index in [1.807, 2.05) is 0 Å². The number of rotatable bonds is 3. The van der Waals surface area contributed by atoms with E-state index in [0.717, 1.165) is 0 Å². The first-order chi connectivity index (χ1) is 11.9. The second-order valence-corrected chi connectivity index (χ2v) is 10.2. The fourth-order valence-electron chi connectivity index (χ4n) is 2.71. The summed E-state index contributed by atoms with van der Waals surface area (Å²) in [5.74, 6) is -0.231. The lowest BCUT2D eigenvalue weighted by Crippen LogP contribution is -2.56. The Labute approximate surface area is 165 Å². The summed E-state index contributed by atoms with van der Waals surface area (Å²) in [5, 5.41) is 0.793. The van der Waals surface area contributed by atoms with Crippen LogP contribution in [0.2, 0.25) is 10.0 Å². The predicted molar refractivity (Wildman–Crippen MR) is 103 cm³/mol. The molecule has 1 amide bonds. The fraction of sp³-hybridized carbons (Fsp3) is 0.588. The molecule has 0 N–H and O–H groups in total. The first-order valence-electron chi connectivity index (χ1n) is 8.30. The largest absolute Gasteiger partial charge is 0.444 e. The number of carbonyl (C=O) groups is 1. The molecule has 1 aromatic carbocycles. The van der Waals surface area contributed by atoms with Crippen LogP contribution in [0.15, 0.2) is 18.2 Å². The van der Waals surface area contributed by atoms with Gasteiger partial charge in [0.25, 0.3) is 0 Å². The average molecular weight is 423 g/mol. The molecule has 6 nitrogen and oxygen atoms in total. The second kappa shape index (κ2) is 7.92. The Bertz CT molecular complexity index is 777. The molecule has 0 aliphatic carbocycles. The van der Waals surface area contributed by atoms with Gasteiger partial charge in [-0.2, -0.15) is 4.31 Å². The van der Waals surface area contributed by atoms with E-state index in [2.05, 4.69) is 0 Å². The van der Waals surface area contributed by atoms with E-state index in [4.69, 9.17) is 27.9 Å². The highest BCUT2D eigenvalue weighted by atomic mass is 35.5. The summed E-state index contributed by atoms with van der Waals surface area (Å²) in [4.78, 5) is 13.8. The minimum Gasteiger partial charge on any atom is -0.444 e. The van der Waals surface area contributed by atoms with E-state index in [-0.39, 0.29) is 31.4 Å². The van der Waals surface area contributed by atoms with Crippen molar-refractivity contribution in [2.24, 2.45) is 0 Å². The molecule has 1 unspecified atom stereocenters. The van der Waals surface area contributed by atoms with Crippen molar-refractivity contribution < 1.29 is 17.9 Å². The Morgan fingerprint density at radius 1 is 1.27 bits per heavy atom. The first kappa shape index (κ1) is 21.3. The minimum atomic E-state index is -3.58. The van der Waals surface area contributed by atoms with E-state index in [0.29, 0.717) is 15.6 Å². The molecule has 0 bridgehead atoms. The number of benzene rings is 1. The van der Waals surface area contributed by atoms with Crippen molar-refractivity contribution in [2.75, 3.05) is 19.6 Å². The number of nitrogens with zero attached hydrogens (tertiary/aromatic N) is 2. The minimum absolute atomic E-state index is 0.208. The summed E-state index contributed by atoms with van der Waals surface area (Å²) in [7, 11) is -3.58. The average Bonchev–Trinajstić information content (AvgIpc) is 2.48. The quantitative estimate of drug-likeness (QED) is 0.743. The Kier molecular flexibility index (Phi) is 6.48. The summed E-state index contributed by atoms with van der Waals surface area (Å²) in [6.45, 7) is 7.89. The second-order valence-electron chi connectivity index (χ2n) is 7.37. The van der Waals surface area contributed by atoms with Crippen molar-refractivity contribution in [1.29, 1.82) is 0 Å². The van der Waals surface area contributed by atoms with Gasteiger partial charge in [0.15, 0.2) is 0 Å². The number of hydrogen-bond donors (Lipinski definition) is 0. The van der Waals surface area contributed by atoms with Crippen LogP contribution in [0.5, 0.6) is 0 Å². The van der Waals surface area contributed by atoms with Crippen LogP contribution in [-0.2, 0) is 20.5 Å². The molecule has 1 fully saturated rings. The number of ether oxygens (including phenoxy) is 1. The molecule has 1 saturated heterocycles. The molecule has 9 heteroatoms. The number of piperazine rings is 1. The van der Waals surface area contributed by atoms with Gasteiger partial charge >= 0.3 is 6.09 Å². The van der Waals surface area contributed by atoms with Crippen molar-refractivity contribution in [3.8, 4) is 0 Å². The molecule has 1 aromatic rings. The van der Waals surface area contributed by atoms with E-state index in [9.17, 15) is 13.2 Å². The SMILES string of the molecule is CC1CN(S(=O)(=O)Cc2cc(Cl)ccc2Cl)CCN1C(=O)OC(C)(C)C. The van der Waals surface area contributed by atoms with E-state index in [1.165, 1.54) is 4.31 Å². The Hall–Kier alpha value is -1.02. The third-order valence-electron chi connectivity index (χ3n) is 3.96. The molecular weight excluding hydrogens is 399 g/mol. The van der Waals surface area contributed by atoms with Crippen molar-refractivity contribution in [1.82, 2.24) is 9.21 Å². The normalized spacial score (nSPS) is 19.5. The molecule has 146 valence electrons. The number of hydrogen-bond acceptors (Lipinski definition) is 4. The number of sulfonamides is 1. The van der Waals surface area contributed by atoms with Gasteiger partial charge in [-0.05, 0) is 51.5 Å². The van der Waals surface area contributed by atoms with Gasteiger partial charge in [-0.15, -0.1) is 0 Å². The van der Waals surface area contributed by atoms with Crippen LogP contribution in [0.1, 0.15) is 33.3 Å². The highest BCUT2D eigenvalue weighted by Crippen LogP contribution is 2.25. The summed E-state index contributed by atoms with van der Waals surface area (Å²) >= 11 is 12.0. The lowest BCUT2D eigenvalue weighted by atomic mass is 10.2. The maximum Gasteiger partial charge on any atom is 0.410 e. The van der Waals surface area contributed by atoms with E-state index >= 15 is 0 Å². The molecule has 0 spiro atoms. The highest BCUT2D eigenvalue weighted by Gasteiger charge is 2.35. The lowest BCUT2D eigenvalue weighted by molar-refractivity contribution is 0.00857. The van der Waals surface area contributed by atoms with Crippen LogP contribution in [-0.4, -0.2) is 55.0 Å². The van der Waals surface area contributed by atoms with E-state index < -0.39 is 21.7 Å². The fourth-order valence-corrected chi connectivity index (χ4v) is 4.79. The topological polar surface area (TPSA) is 66.9 Å². The maximum absolute atomic E-state index is 12.8. The zero-order valence-electron chi connectivity index (χ0n) is 15.3. The standard InChI is InChI=1S/C17H24Cl2N2O4S/c1-12-10-20(7-8-21(12)16(22)25-17(2,3)4)26(23,24)11-13-9-14(18)5-6-15(13)19/h5-6,9,12H,7-8,10-11H2,1-4H3. The van der Waals surface area contributed by atoms with Gasteiger partial charge in [0.1, 0.15) is 5.60 Å². The maximum atomic E-state index is 12.8. The molecule has 26 heavy (non-hydrogen) atoms. The highest BCUT2D eigenvalue weighted by molar-refractivity contribution is 7.88. The molecule has 1 atom stereocenters. The van der Waals surface area contributed by atoms with Crippen molar-refractivity contribution in [3.05, 3.63) is 33.8 Å². The zero-order chi connectivity index (χ0) is 19.7. The molecule has 1 aliphatic rings. The van der Waals surface area contributed by atoms with Crippen LogP contribution in [0, 0.1) is 0 Å². The summed E-state index contributed by atoms with van der Waals surface area (Å²) < 4.78 is 32.3. The zero-order valence-corrected chi connectivity index (χ0v) is 17.7. The molecule has 1 aliphatic heterocycles. The first-order valence-corrected chi connectivity index (χ1v) is 10.7. The third-order valence-corrected chi connectivity index (χ3v) is 6.36. The van der Waals surface area contributed by atoms with Crippen molar-refractivity contribution >= 4 is 39.3 Å². The predicted octanol–water partition coefficient (Wildman–Crippen LogP) is 3.76. The summed E-state index contributed by atoms with van der Waals surface area (Å²) in [5.41, 5.74) is -0.134. The molecule has 0 aromatic heterocycles. The van der Waals surface area contributed by atoms with Crippen molar-refractivity contribution in [3.63, 3.8) is 0 Å². The van der Waals surface area contributed by atoms with Gasteiger partial charge in [0, 0.05) is 35.7 Å². The van der Waals surface area contributed by atoms with Crippen LogP contribution >= 0.6 is 23.2 Å². The van der Waals surface area contributed by atoms with Gasteiger partial charge in [-0.25, -0.2) is 13.2 Å². The lowest BCUT2D eigenvalue weighted by Gasteiger charge is -2.39. The third kappa shape index (κ3) is 5.49. The smallest absolute Gasteiger partial charge is 0.410 e. The van der Waals surface area contributed by atoms with Crippen LogP contribution in [0.4, 0.5) is 4.79 Å². The van der Waals surface area contributed by atoms with Crippen LogP contribution < -0.4 is 0 Å². The van der Waals surface area contributed by atoms with Crippen molar-refractivity contribution in [2.45, 2.75) is 45.1 Å². The molecule has 0 saturated carbocycles. The van der Waals surface area contributed by atoms with Crippen LogP contribution in [0.3, 0.4) is 0 Å². The molecule has 1 heterocycles. The Morgan fingerprint density at radius 3 is 2.50 bits per heavy atom. The van der Waals surface area contributed by atoms with Gasteiger partial charge < -0.3 is 9.64 Å². The summed E-state index contributed by atoms with van der Waals surface area (Å²) in [6.07, 6.45) is -0.431. The monoisotopic (exact) mass is 422 g/mol. The van der Waals surface area contributed by atoms with Gasteiger partial charge in [-0.1, -0.05) is 23.2 Å². The molecular formula is C17H24Cl2N2O4S. The molecule has 0 radical (unpaired) electrons. The molecule has 2 rings (SSSR count). The number of halogens is 2. The summed E-state index contributed by atoms with van der Waals surface area (Å²) in [6, 6.07) is 4.46.